The predicted octanol–water partition coefficient (Wildman–Crippen LogP) is 3.57. The molecule has 0 amide bonds. The van der Waals surface area contributed by atoms with Crippen LogP contribution in [0.2, 0.25) is 0 Å². The molecule has 0 heterocycles. The molecule has 0 saturated carbocycles. The van der Waals surface area contributed by atoms with Crippen LogP contribution in [-0.2, 0) is 13.6 Å². The molecule has 4 heteroatoms. The Morgan fingerprint density at radius 2 is 1.65 bits per heavy atom. The highest BCUT2D eigenvalue weighted by molar-refractivity contribution is 7.59. The van der Waals surface area contributed by atoms with Crippen molar-refractivity contribution in [2.45, 2.75) is 20.8 Å². The van der Waals surface area contributed by atoms with Crippen LogP contribution in [0.25, 0.3) is 0 Å². The van der Waals surface area contributed by atoms with Crippen LogP contribution in [0.5, 0.6) is 0 Å². The number of hydrogen-bond donors (Lipinski definition) is 0. The molecule has 0 spiro atoms. The summed E-state index contributed by atoms with van der Waals surface area (Å²) in [6, 6.07) is 7.67. The van der Waals surface area contributed by atoms with Crippen LogP contribution >= 0.6 is 7.60 Å². The highest BCUT2D eigenvalue weighted by Gasteiger charge is 2.19. The smallest absolute Gasteiger partial charge is 0.300 e. The van der Waals surface area contributed by atoms with Crippen molar-refractivity contribution >= 4 is 7.60 Å². The summed E-state index contributed by atoms with van der Waals surface area (Å²) in [6.07, 6.45) is 0. The molecule has 0 aliphatic heterocycles. The Morgan fingerprint density at radius 3 is 2.12 bits per heavy atom. The Balaban J connectivity index is 2.87. The number of benzene rings is 1. The summed E-state index contributed by atoms with van der Waals surface area (Å²) < 4.78 is 22.2. The Hall–Kier alpha value is -1.07. The molecule has 3 nitrogen and oxygen atoms in total. The summed E-state index contributed by atoms with van der Waals surface area (Å²) >= 11 is 0. The van der Waals surface area contributed by atoms with Gasteiger partial charge in [0.25, 0.3) is 0 Å². The standard InChI is InChI=1S/C13H17O3P/c1-4-15-17(14,16-5-2)11-10-13-8-6-12(3)7-9-13/h6-9H,4-5H2,1-3H3. The zero-order valence-corrected chi connectivity index (χ0v) is 11.3. The van der Waals surface area contributed by atoms with Crippen molar-refractivity contribution in [2.75, 3.05) is 13.2 Å². The Kier molecular flexibility index (Phi) is 5.44. The molecule has 0 aliphatic rings. The van der Waals surface area contributed by atoms with Crippen molar-refractivity contribution in [3.63, 3.8) is 0 Å². The van der Waals surface area contributed by atoms with Gasteiger partial charge >= 0.3 is 7.60 Å². The molecule has 0 N–H and O–H groups in total. The largest absolute Gasteiger partial charge is 0.405 e. The normalized spacial score (nSPS) is 10.8. The van der Waals surface area contributed by atoms with Crippen LogP contribution < -0.4 is 0 Å². The monoisotopic (exact) mass is 252 g/mol. The van der Waals surface area contributed by atoms with Gasteiger partial charge in [0.2, 0.25) is 0 Å². The minimum absolute atomic E-state index is 0.319. The van der Waals surface area contributed by atoms with Gasteiger partial charge in [-0.05, 0) is 32.9 Å². The first-order chi connectivity index (χ1) is 8.09. The van der Waals surface area contributed by atoms with E-state index in [0.717, 1.165) is 11.1 Å². The third kappa shape index (κ3) is 4.75. The van der Waals surface area contributed by atoms with Crippen molar-refractivity contribution in [3.8, 4) is 11.6 Å². The highest BCUT2D eigenvalue weighted by atomic mass is 31.2. The summed E-state index contributed by atoms with van der Waals surface area (Å²) in [7, 11) is -3.26. The summed E-state index contributed by atoms with van der Waals surface area (Å²) in [6.45, 7) is 6.17. The molecule has 0 bridgehead atoms. The first kappa shape index (κ1) is 14.0. The lowest BCUT2D eigenvalue weighted by Gasteiger charge is -2.09. The Labute approximate surface area is 103 Å². The van der Waals surface area contributed by atoms with Gasteiger partial charge in [-0.1, -0.05) is 23.6 Å². The average molecular weight is 252 g/mol. The number of rotatable bonds is 4. The van der Waals surface area contributed by atoms with E-state index in [9.17, 15) is 4.57 Å². The van der Waals surface area contributed by atoms with Crippen LogP contribution in [0.4, 0.5) is 0 Å². The van der Waals surface area contributed by atoms with Gasteiger partial charge in [-0.3, -0.25) is 9.05 Å². The summed E-state index contributed by atoms with van der Waals surface area (Å²) in [5, 5.41) is 0. The Bertz CT molecular complexity index is 444. The van der Waals surface area contributed by atoms with Gasteiger partial charge in [0.1, 0.15) is 0 Å². The zero-order valence-electron chi connectivity index (χ0n) is 10.4. The lowest BCUT2D eigenvalue weighted by molar-refractivity contribution is 0.230. The lowest BCUT2D eigenvalue weighted by Crippen LogP contribution is -1.93. The first-order valence-electron chi connectivity index (χ1n) is 5.58. The van der Waals surface area contributed by atoms with Crippen molar-refractivity contribution < 1.29 is 13.6 Å². The predicted molar refractivity (Wildman–Crippen MR) is 68.9 cm³/mol. The van der Waals surface area contributed by atoms with E-state index in [-0.39, 0.29) is 0 Å². The maximum absolute atomic E-state index is 12.0. The van der Waals surface area contributed by atoms with E-state index in [2.05, 4.69) is 11.6 Å². The van der Waals surface area contributed by atoms with E-state index in [4.69, 9.17) is 9.05 Å². The minimum atomic E-state index is -3.26. The van der Waals surface area contributed by atoms with Crippen LogP contribution in [0, 0.1) is 18.5 Å². The fourth-order valence-corrected chi connectivity index (χ4v) is 2.36. The maximum atomic E-state index is 12.0. The van der Waals surface area contributed by atoms with Crippen LogP contribution in [-0.4, -0.2) is 13.2 Å². The number of hydrogen-bond acceptors (Lipinski definition) is 3. The van der Waals surface area contributed by atoms with E-state index in [1.807, 2.05) is 31.2 Å². The second-order valence-electron chi connectivity index (χ2n) is 3.44. The van der Waals surface area contributed by atoms with Crippen molar-refractivity contribution in [2.24, 2.45) is 0 Å². The molecule has 92 valence electrons. The van der Waals surface area contributed by atoms with E-state index in [1.54, 1.807) is 13.8 Å². The fraction of sp³-hybridized carbons (Fsp3) is 0.385. The van der Waals surface area contributed by atoms with Crippen LogP contribution in [0.1, 0.15) is 25.0 Å². The third-order valence-electron chi connectivity index (χ3n) is 1.99. The SMILES string of the molecule is CCOP(=O)(C#Cc1ccc(C)cc1)OCC. The van der Waals surface area contributed by atoms with Crippen molar-refractivity contribution in [3.05, 3.63) is 35.4 Å². The molecular weight excluding hydrogens is 235 g/mol. The van der Waals surface area contributed by atoms with Gasteiger partial charge in [-0.15, -0.1) is 0 Å². The zero-order chi connectivity index (χ0) is 12.7. The molecule has 0 atom stereocenters. The molecule has 0 fully saturated rings. The molecular formula is C13H17O3P. The molecule has 17 heavy (non-hydrogen) atoms. The van der Waals surface area contributed by atoms with Crippen LogP contribution in [0.15, 0.2) is 24.3 Å². The topological polar surface area (TPSA) is 35.5 Å². The first-order valence-corrected chi connectivity index (χ1v) is 7.13. The minimum Gasteiger partial charge on any atom is -0.300 e. The molecule has 0 radical (unpaired) electrons. The van der Waals surface area contributed by atoms with Gasteiger partial charge in [0.15, 0.2) is 0 Å². The maximum Gasteiger partial charge on any atom is 0.405 e. The second kappa shape index (κ2) is 6.61. The highest BCUT2D eigenvalue weighted by Crippen LogP contribution is 2.46. The average Bonchev–Trinajstić information content (AvgIpc) is 2.29. The van der Waals surface area contributed by atoms with Crippen molar-refractivity contribution in [1.29, 1.82) is 0 Å². The molecule has 1 rings (SSSR count). The van der Waals surface area contributed by atoms with E-state index in [1.165, 1.54) is 0 Å². The van der Waals surface area contributed by atoms with Gasteiger partial charge in [0, 0.05) is 11.2 Å². The van der Waals surface area contributed by atoms with E-state index >= 15 is 0 Å². The summed E-state index contributed by atoms with van der Waals surface area (Å²) in [5.74, 6) is 2.82. The summed E-state index contributed by atoms with van der Waals surface area (Å²) in [5.41, 5.74) is 4.56. The van der Waals surface area contributed by atoms with Crippen molar-refractivity contribution in [1.82, 2.24) is 0 Å². The van der Waals surface area contributed by atoms with E-state index in [0.29, 0.717) is 13.2 Å². The molecule has 0 unspecified atom stereocenters. The summed E-state index contributed by atoms with van der Waals surface area (Å²) in [4.78, 5) is 0. The molecule has 1 aromatic carbocycles. The lowest BCUT2D eigenvalue weighted by atomic mass is 10.2. The third-order valence-corrected chi connectivity index (χ3v) is 3.57. The fourth-order valence-electron chi connectivity index (χ4n) is 1.21. The molecule has 0 aromatic heterocycles. The number of aryl methyl sites for hydroxylation is 1. The van der Waals surface area contributed by atoms with Gasteiger partial charge in [-0.2, -0.15) is 0 Å². The molecule has 0 aliphatic carbocycles. The van der Waals surface area contributed by atoms with E-state index < -0.39 is 7.60 Å². The Morgan fingerprint density at radius 1 is 1.12 bits per heavy atom. The quantitative estimate of drug-likeness (QED) is 0.607. The van der Waals surface area contributed by atoms with Gasteiger partial charge < -0.3 is 0 Å². The van der Waals surface area contributed by atoms with Crippen LogP contribution in [0.3, 0.4) is 0 Å². The second-order valence-corrected chi connectivity index (χ2v) is 5.17. The molecule has 0 saturated heterocycles. The van der Waals surface area contributed by atoms with Gasteiger partial charge in [-0.25, -0.2) is 4.57 Å². The van der Waals surface area contributed by atoms with Gasteiger partial charge in [0.05, 0.1) is 13.2 Å². The molecule has 1 aromatic rings.